The highest BCUT2D eigenvalue weighted by molar-refractivity contribution is 6.04. The zero-order valence-electron chi connectivity index (χ0n) is 36.3. The second kappa shape index (κ2) is 21.7. The fourth-order valence-corrected chi connectivity index (χ4v) is 5.19. The van der Waals surface area contributed by atoms with Crippen LogP contribution in [0.5, 0.6) is 11.5 Å². The Balaban J connectivity index is 1.79. The Morgan fingerprint density at radius 2 is 1.02 bits per heavy atom. The van der Waals surface area contributed by atoms with Gasteiger partial charge in [0.25, 0.3) is 0 Å². The smallest absolute Gasteiger partial charge is 0.417 e. The third-order valence-electron chi connectivity index (χ3n) is 7.84. The molecular formula is C45H62N6O8. The van der Waals surface area contributed by atoms with Crippen LogP contribution in [0.15, 0.2) is 83.9 Å². The van der Waals surface area contributed by atoms with Crippen molar-refractivity contribution in [2.45, 2.75) is 112 Å². The summed E-state index contributed by atoms with van der Waals surface area (Å²) in [5.74, 6) is 1.20. The van der Waals surface area contributed by atoms with Crippen molar-refractivity contribution in [3.05, 3.63) is 90.0 Å². The van der Waals surface area contributed by atoms with Gasteiger partial charge in [-0.1, -0.05) is 18.2 Å². The summed E-state index contributed by atoms with van der Waals surface area (Å²) in [4.78, 5) is 47.8. The minimum Gasteiger partial charge on any atom is -0.494 e. The average molecular weight is 815 g/mol. The third-order valence-corrected chi connectivity index (χ3v) is 7.84. The lowest BCUT2D eigenvalue weighted by Crippen LogP contribution is -2.52. The van der Waals surface area contributed by atoms with Crippen LogP contribution in [0.25, 0.3) is 0 Å². The van der Waals surface area contributed by atoms with Crippen molar-refractivity contribution in [2.24, 2.45) is 4.99 Å². The number of amidine groups is 1. The van der Waals surface area contributed by atoms with E-state index in [-0.39, 0.29) is 24.9 Å². The first-order valence-corrected chi connectivity index (χ1v) is 19.9. The molecule has 0 fully saturated rings. The molecule has 0 aliphatic heterocycles. The molecule has 3 N–H and O–H groups in total. The van der Waals surface area contributed by atoms with Crippen LogP contribution in [0.1, 0.15) is 106 Å². The molecule has 0 saturated carbocycles. The number of unbranched alkanes of at least 4 members (excludes halogenated alkanes) is 2. The normalized spacial score (nSPS) is 11.9. The minimum absolute atomic E-state index is 0.0668. The van der Waals surface area contributed by atoms with Gasteiger partial charge in [-0.2, -0.15) is 0 Å². The molecule has 0 unspecified atom stereocenters. The molecule has 59 heavy (non-hydrogen) atoms. The van der Waals surface area contributed by atoms with Gasteiger partial charge < -0.3 is 29.1 Å². The molecule has 3 aromatic carbocycles. The van der Waals surface area contributed by atoms with E-state index >= 15 is 0 Å². The van der Waals surface area contributed by atoms with Crippen molar-refractivity contribution in [3.63, 3.8) is 0 Å². The Hall–Kier alpha value is -5.92. The number of alkyl carbamates (subject to hydrolysis) is 1. The number of carbonyl (C=O) groups excluding carboxylic acids is 3. The van der Waals surface area contributed by atoms with Crippen LogP contribution >= 0.6 is 0 Å². The van der Waals surface area contributed by atoms with Crippen LogP contribution in [0.3, 0.4) is 0 Å². The molecule has 14 heteroatoms. The van der Waals surface area contributed by atoms with E-state index in [1.807, 2.05) is 42.5 Å². The maximum atomic E-state index is 14.0. The molecule has 3 amide bonds. The van der Waals surface area contributed by atoms with Crippen LogP contribution in [-0.2, 0) is 14.2 Å². The maximum Gasteiger partial charge on any atom is 0.417 e. The molecule has 3 rings (SSSR count). The van der Waals surface area contributed by atoms with Gasteiger partial charge >= 0.3 is 18.3 Å². The molecule has 0 radical (unpaired) electrons. The average Bonchev–Trinajstić information content (AvgIpc) is 3.12. The van der Waals surface area contributed by atoms with Crippen molar-refractivity contribution in [3.8, 4) is 11.5 Å². The molecule has 0 spiro atoms. The topological polar surface area (TPSA) is 176 Å². The van der Waals surface area contributed by atoms with Crippen LogP contribution in [-0.4, -0.2) is 88.7 Å². The van der Waals surface area contributed by atoms with E-state index in [0.717, 1.165) is 5.56 Å². The lowest BCUT2D eigenvalue weighted by atomic mass is 10.1. The molecular weight excluding hydrogens is 753 g/mol. The Morgan fingerprint density at radius 3 is 1.42 bits per heavy atom. The summed E-state index contributed by atoms with van der Waals surface area (Å²) in [6.07, 6.45) is 0.0115. The summed E-state index contributed by atoms with van der Waals surface area (Å²) in [6.45, 7) is 18.6. The number of amides is 3. The second-order valence-corrected chi connectivity index (χ2v) is 16.8. The number of benzene rings is 3. The molecule has 0 saturated heterocycles. The first kappa shape index (κ1) is 47.5. The number of hydrogen-bond donors (Lipinski definition) is 3. The van der Waals surface area contributed by atoms with E-state index in [2.05, 4.69) is 5.32 Å². The second-order valence-electron chi connectivity index (χ2n) is 16.8. The standard InChI is InChI=1S/C45H62N6O8/c1-32(46)33-20-24-36(25-21-33)55-30-16-14-28-50(41(53)58-44(5,6)7)39(48-35-18-12-11-13-19-35)51(42(54)59-45(8,9)10)29-15-17-31-56-37-26-22-34(23-27-37)38(47)49-40(52)57-43(2,3)4/h11-13,18-27,46H,14-17,28-31H2,1-10H3,(H2,47,49,52)/b46-32?,48-39-. The van der Waals surface area contributed by atoms with E-state index < -0.39 is 35.1 Å². The Labute approximate surface area is 349 Å². The van der Waals surface area contributed by atoms with E-state index in [1.165, 1.54) is 9.80 Å². The fourth-order valence-electron chi connectivity index (χ4n) is 5.19. The van der Waals surface area contributed by atoms with Gasteiger partial charge in [0, 0.05) is 24.4 Å². The lowest BCUT2D eigenvalue weighted by molar-refractivity contribution is 0.0272. The molecule has 320 valence electrons. The summed E-state index contributed by atoms with van der Waals surface area (Å²) >= 11 is 0. The van der Waals surface area contributed by atoms with Crippen molar-refractivity contribution in [2.75, 3.05) is 26.3 Å². The van der Waals surface area contributed by atoms with Crippen molar-refractivity contribution in [1.29, 1.82) is 10.8 Å². The van der Waals surface area contributed by atoms with Crippen LogP contribution < -0.4 is 14.8 Å². The van der Waals surface area contributed by atoms with Gasteiger partial charge in [-0.25, -0.2) is 29.2 Å². The molecule has 14 nitrogen and oxygen atoms in total. The van der Waals surface area contributed by atoms with Crippen molar-refractivity contribution in [1.82, 2.24) is 15.1 Å². The van der Waals surface area contributed by atoms with Crippen molar-refractivity contribution >= 4 is 41.5 Å². The summed E-state index contributed by atoms with van der Waals surface area (Å²) in [6, 6.07) is 23.1. The summed E-state index contributed by atoms with van der Waals surface area (Å²) < 4.78 is 28.9. The Kier molecular flexibility index (Phi) is 17.5. The largest absolute Gasteiger partial charge is 0.494 e. The predicted octanol–water partition coefficient (Wildman–Crippen LogP) is 10.1. The number of nitrogens with one attached hydrogen (secondary N) is 3. The van der Waals surface area contributed by atoms with Gasteiger partial charge in [-0.05, 0) is 161 Å². The number of hydrogen-bond acceptors (Lipinski definition) is 11. The monoisotopic (exact) mass is 814 g/mol. The Morgan fingerprint density at radius 1 is 0.593 bits per heavy atom. The Bertz CT molecular complexity index is 1880. The van der Waals surface area contributed by atoms with E-state index in [4.69, 9.17) is 39.5 Å². The highest BCUT2D eigenvalue weighted by Gasteiger charge is 2.34. The zero-order chi connectivity index (χ0) is 43.8. The highest BCUT2D eigenvalue weighted by atomic mass is 16.6. The third kappa shape index (κ3) is 18.0. The van der Waals surface area contributed by atoms with Gasteiger partial charge in [0.2, 0.25) is 5.96 Å². The minimum atomic E-state index is -0.842. The maximum absolute atomic E-state index is 14.0. The van der Waals surface area contributed by atoms with Crippen LogP contribution in [0.2, 0.25) is 0 Å². The fraction of sp³-hybridized carbons (Fsp3) is 0.467. The SMILES string of the molecule is CC(=N)c1ccc(OCCCCN(C(=O)OC(C)(C)C)/C(=N/c2ccccc2)N(CCCCOc2ccc(C(=N)NC(=O)OC(C)(C)C)cc2)C(=O)OC(C)(C)C)cc1. The number of carbonyl (C=O) groups is 3. The summed E-state index contributed by atoms with van der Waals surface area (Å²) in [5.41, 5.74) is -0.0716. The van der Waals surface area contributed by atoms with Crippen LogP contribution in [0.4, 0.5) is 20.1 Å². The van der Waals surface area contributed by atoms with Gasteiger partial charge in [-0.15, -0.1) is 0 Å². The zero-order valence-corrected chi connectivity index (χ0v) is 36.3. The number of aliphatic imine (C=N–C) groups is 1. The van der Waals surface area contributed by atoms with E-state index in [9.17, 15) is 14.4 Å². The molecule has 0 aliphatic rings. The first-order valence-electron chi connectivity index (χ1n) is 19.9. The lowest BCUT2D eigenvalue weighted by Gasteiger charge is -2.34. The predicted molar refractivity (Wildman–Crippen MR) is 230 cm³/mol. The van der Waals surface area contributed by atoms with Gasteiger partial charge in [0.15, 0.2) is 0 Å². The number of ether oxygens (including phenoxy) is 5. The van der Waals surface area contributed by atoms with E-state index in [0.29, 0.717) is 67.4 Å². The molecule has 0 bridgehead atoms. The molecule has 0 heterocycles. The molecule has 0 aromatic heterocycles. The van der Waals surface area contributed by atoms with Gasteiger partial charge in [0.1, 0.15) is 34.1 Å². The molecule has 0 atom stereocenters. The van der Waals surface area contributed by atoms with Gasteiger partial charge in [-0.3, -0.25) is 10.7 Å². The molecule has 3 aromatic rings. The number of para-hydroxylation sites is 1. The van der Waals surface area contributed by atoms with Gasteiger partial charge in [0.05, 0.1) is 18.9 Å². The van der Waals surface area contributed by atoms with Crippen LogP contribution in [0, 0.1) is 10.8 Å². The van der Waals surface area contributed by atoms with E-state index in [1.54, 1.807) is 106 Å². The van der Waals surface area contributed by atoms with Crippen molar-refractivity contribution < 1.29 is 38.1 Å². The number of nitrogens with zero attached hydrogens (tertiary/aromatic N) is 3. The number of guanidine groups is 1. The quantitative estimate of drug-likeness (QED) is 0.0588. The summed E-state index contributed by atoms with van der Waals surface area (Å²) in [7, 11) is 0. The highest BCUT2D eigenvalue weighted by Crippen LogP contribution is 2.21. The number of rotatable bonds is 15. The summed E-state index contributed by atoms with van der Waals surface area (Å²) in [5, 5.41) is 18.5. The first-order chi connectivity index (χ1) is 27.6. The molecule has 0 aliphatic carbocycles.